The molecule has 0 radical (unpaired) electrons. The van der Waals surface area contributed by atoms with Crippen molar-refractivity contribution < 1.29 is 4.79 Å². The molecule has 1 amide bonds. The molecule has 2 aliphatic rings. The minimum absolute atomic E-state index is 0.00426. The topological polar surface area (TPSA) is 72.5 Å². The first-order valence-corrected chi connectivity index (χ1v) is 11.0. The van der Waals surface area contributed by atoms with Crippen LogP contribution in [-0.4, -0.2) is 42.6 Å². The van der Waals surface area contributed by atoms with Gasteiger partial charge < -0.3 is 4.90 Å². The molecule has 8 heteroatoms. The van der Waals surface area contributed by atoms with E-state index in [4.69, 9.17) is 0 Å². The van der Waals surface area contributed by atoms with Crippen LogP contribution in [-0.2, 0) is 24.2 Å². The Balaban J connectivity index is 1.56. The average Bonchev–Trinajstić information content (AvgIpc) is 3.19. The molecule has 0 N–H and O–H groups in total. The fraction of sp³-hybridized carbons (Fsp3) is 0.600. The highest BCUT2D eigenvalue weighted by Gasteiger charge is 2.26. The van der Waals surface area contributed by atoms with Crippen LogP contribution in [0.3, 0.4) is 0 Å². The summed E-state index contributed by atoms with van der Waals surface area (Å²) in [6.07, 6.45) is 7.99. The molecule has 7 nitrogen and oxygen atoms in total. The van der Waals surface area contributed by atoms with E-state index in [-0.39, 0.29) is 24.2 Å². The number of carbonyl (C=O) groups excluding carboxylic acids is 1. The third-order valence-electron chi connectivity index (χ3n) is 6.29. The predicted octanol–water partition coefficient (Wildman–Crippen LogP) is 2.63. The van der Waals surface area contributed by atoms with Gasteiger partial charge in [0.25, 0.3) is 0 Å². The molecule has 0 aromatic carbocycles. The summed E-state index contributed by atoms with van der Waals surface area (Å²) >= 11 is 1.72. The number of amides is 1. The van der Waals surface area contributed by atoms with E-state index in [1.54, 1.807) is 17.7 Å². The van der Waals surface area contributed by atoms with Crippen LogP contribution in [0.15, 0.2) is 11.1 Å². The monoisotopic (exact) mass is 399 g/mol. The molecule has 0 spiro atoms. The van der Waals surface area contributed by atoms with Crippen molar-refractivity contribution in [2.45, 2.75) is 65.0 Å². The maximum absolute atomic E-state index is 12.9. The zero-order chi connectivity index (χ0) is 19.4. The maximum Gasteiger partial charge on any atom is 0.352 e. The Bertz CT molecular complexity index is 1130. The highest BCUT2D eigenvalue weighted by atomic mass is 32.1. The third-order valence-corrected chi connectivity index (χ3v) is 7.45. The molecular formula is C20H25N5O2S. The number of nitrogens with zero attached hydrogens (tertiary/aromatic N) is 5. The summed E-state index contributed by atoms with van der Waals surface area (Å²) in [5.41, 5.74) is 1.65. The van der Waals surface area contributed by atoms with Gasteiger partial charge in [-0.25, -0.2) is 18.9 Å². The van der Waals surface area contributed by atoms with E-state index in [9.17, 15) is 9.59 Å². The summed E-state index contributed by atoms with van der Waals surface area (Å²) in [6, 6.07) is 0.230. The molecule has 1 aliphatic carbocycles. The summed E-state index contributed by atoms with van der Waals surface area (Å²) in [5, 5.41) is 5.59. The van der Waals surface area contributed by atoms with Crippen LogP contribution in [0.4, 0.5) is 0 Å². The predicted molar refractivity (Wildman–Crippen MR) is 109 cm³/mol. The van der Waals surface area contributed by atoms with Crippen molar-refractivity contribution in [1.29, 1.82) is 0 Å². The van der Waals surface area contributed by atoms with Crippen molar-refractivity contribution in [3.05, 3.63) is 27.3 Å². The van der Waals surface area contributed by atoms with Crippen molar-refractivity contribution in [3.8, 4) is 0 Å². The number of piperidine rings is 1. The first kappa shape index (κ1) is 17.8. The Labute approximate surface area is 167 Å². The smallest absolute Gasteiger partial charge is 0.338 e. The number of hydrogen-bond donors (Lipinski definition) is 0. The lowest BCUT2D eigenvalue weighted by atomic mass is 9.89. The van der Waals surface area contributed by atoms with Crippen LogP contribution in [0.1, 0.15) is 50.0 Å². The largest absolute Gasteiger partial charge is 0.352 e. The summed E-state index contributed by atoms with van der Waals surface area (Å²) in [5.74, 6) is 0.656. The van der Waals surface area contributed by atoms with Crippen molar-refractivity contribution in [2.75, 3.05) is 6.54 Å². The van der Waals surface area contributed by atoms with Gasteiger partial charge in [0.1, 0.15) is 17.7 Å². The fourth-order valence-corrected chi connectivity index (χ4v) is 6.00. The van der Waals surface area contributed by atoms with Crippen molar-refractivity contribution >= 4 is 33.1 Å². The molecule has 1 aliphatic heterocycles. The van der Waals surface area contributed by atoms with Gasteiger partial charge in [-0.05, 0) is 56.9 Å². The summed E-state index contributed by atoms with van der Waals surface area (Å²) in [4.78, 5) is 34.4. The molecule has 5 rings (SSSR count). The van der Waals surface area contributed by atoms with E-state index in [1.165, 1.54) is 19.5 Å². The lowest BCUT2D eigenvalue weighted by Crippen LogP contribution is -2.44. The quantitative estimate of drug-likeness (QED) is 0.664. The SMILES string of the molecule is C[C@@H]1CCc2c(sc3ncn4c(=O)n(CC(=O)N5CCCC[C@@H]5C)nc4c23)C1. The molecule has 0 bridgehead atoms. The third kappa shape index (κ3) is 2.77. The molecule has 2 atom stereocenters. The number of aromatic nitrogens is 4. The number of fused-ring (bicyclic) bond motifs is 5. The number of thiophene rings is 1. The molecule has 3 aromatic heterocycles. The Morgan fingerprint density at radius 1 is 1.29 bits per heavy atom. The zero-order valence-corrected chi connectivity index (χ0v) is 17.2. The Kier molecular flexibility index (Phi) is 4.26. The average molecular weight is 400 g/mol. The summed E-state index contributed by atoms with van der Waals surface area (Å²) in [6.45, 7) is 5.12. The summed E-state index contributed by atoms with van der Waals surface area (Å²) < 4.78 is 2.82. The second kappa shape index (κ2) is 6.69. The lowest BCUT2D eigenvalue weighted by Gasteiger charge is -2.33. The Hall–Kier alpha value is -2.22. The number of aryl methyl sites for hydroxylation is 1. The lowest BCUT2D eigenvalue weighted by molar-refractivity contribution is -0.135. The first-order valence-electron chi connectivity index (χ1n) is 10.2. The highest BCUT2D eigenvalue weighted by Crippen LogP contribution is 2.38. The van der Waals surface area contributed by atoms with Gasteiger partial charge in [0, 0.05) is 17.5 Å². The van der Waals surface area contributed by atoms with Gasteiger partial charge in [0.05, 0.1) is 5.39 Å². The molecule has 4 heterocycles. The number of hydrogen-bond acceptors (Lipinski definition) is 5. The van der Waals surface area contributed by atoms with Gasteiger partial charge in [0.2, 0.25) is 5.91 Å². The van der Waals surface area contributed by atoms with Gasteiger partial charge in [-0.3, -0.25) is 4.79 Å². The van der Waals surface area contributed by atoms with Gasteiger partial charge in [0.15, 0.2) is 5.65 Å². The van der Waals surface area contributed by atoms with Crippen molar-refractivity contribution in [2.24, 2.45) is 5.92 Å². The van der Waals surface area contributed by atoms with Crippen LogP contribution in [0.2, 0.25) is 0 Å². The van der Waals surface area contributed by atoms with Crippen molar-refractivity contribution in [3.63, 3.8) is 0 Å². The molecule has 3 aromatic rings. The second-order valence-electron chi connectivity index (χ2n) is 8.34. The van der Waals surface area contributed by atoms with E-state index < -0.39 is 0 Å². The van der Waals surface area contributed by atoms with Crippen LogP contribution < -0.4 is 5.69 Å². The number of likely N-dealkylation sites (tertiary alicyclic amines) is 1. The van der Waals surface area contributed by atoms with Crippen LogP contribution >= 0.6 is 11.3 Å². The molecule has 1 fully saturated rings. The van der Waals surface area contributed by atoms with Gasteiger partial charge in [-0.15, -0.1) is 16.4 Å². The standard InChI is InChI=1S/C20H25N5O2S/c1-12-6-7-14-15(9-12)28-19-17(14)18-22-25(20(27)24(18)11-21-19)10-16(26)23-8-4-3-5-13(23)2/h11-13H,3-10H2,1-2H3/t12-,13+/m1/s1. The van der Waals surface area contributed by atoms with E-state index >= 15 is 0 Å². The normalized spacial score (nSPS) is 22.7. The van der Waals surface area contributed by atoms with Gasteiger partial charge in [-0.2, -0.15) is 0 Å². The molecule has 28 heavy (non-hydrogen) atoms. The molecule has 148 valence electrons. The van der Waals surface area contributed by atoms with Crippen LogP contribution in [0.25, 0.3) is 15.9 Å². The summed E-state index contributed by atoms with van der Waals surface area (Å²) in [7, 11) is 0. The van der Waals surface area contributed by atoms with E-state index in [0.29, 0.717) is 11.6 Å². The van der Waals surface area contributed by atoms with Crippen LogP contribution in [0.5, 0.6) is 0 Å². The zero-order valence-electron chi connectivity index (χ0n) is 16.3. The number of carbonyl (C=O) groups is 1. The highest BCUT2D eigenvalue weighted by molar-refractivity contribution is 7.19. The number of rotatable bonds is 2. The Morgan fingerprint density at radius 3 is 2.96 bits per heavy atom. The van der Waals surface area contributed by atoms with Gasteiger partial charge >= 0.3 is 5.69 Å². The first-order chi connectivity index (χ1) is 13.5. The van der Waals surface area contributed by atoms with Crippen molar-refractivity contribution in [1.82, 2.24) is 24.1 Å². The minimum Gasteiger partial charge on any atom is -0.338 e. The molecule has 0 saturated carbocycles. The second-order valence-corrected chi connectivity index (χ2v) is 9.43. The maximum atomic E-state index is 12.9. The van der Waals surface area contributed by atoms with Gasteiger partial charge in [-0.1, -0.05) is 6.92 Å². The van der Waals surface area contributed by atoms with E-state index in [1.807, 2.05) is 4.90 Å². The van der Waals surface area contributed by atoms with E-state index in [2.05, 4.69) is 23.9 Å². The fourth-order valence-electron chi connectivity index (χ4n) is 4.65. The minimum atomic E-state index is -0.286. The molecule has 0 unspecified atom stereocenters. The van der Waals surface area contributed by atoms with Crippen LogP contribution in [0, 0.1) is 5.92 Å². The molecular weight excluding hydrogens is 374 g/mol. The Morgan fingerprint density at radius 2 is 2.14 bits per heavy atom. The molecule has 1 saturated heterocycles. The van der Waals surface area contributed by atoms with E-state index in [0.717, 1.165) is 55.3 Å².